The molecule has 1 atom stereocenters. The van der Waals surface area contributed by atoms with Crippen molar-refractivity contribution in [1.29, 1.82) is 10.5 Å². The van der Waals surface area contributed by atoms with Crippen LogP contribution in [-0.4, -0.2) is 66.8 Å². The molecule has 3 N–H and O–H groups in total. The second-order valence-electron chi connectivity index (χ2n) is 11.3. The van der Waals surface area contributed by atoms with Gasteiger partial charge in [-0.25, -0.2) is 9.78 Å². The van der Waals surface area contributed by atoms with Crippen LogP contribution in [-0.2, 0) is 9.53 Å². The first-order valence-corrected chi connectivity index (χ1v) is 14.8. The number of ether oxygens (including phenoxy) is 1. The van der Waals surface area contributed by atoms with Crippen LogP contribution in [0.2, 0.25) is 0 Å². The number of benzene rings is 1. The number of hydrogen-bond donors (Lipinski definition) is 2. The highest BCUT2D eigenvalue weighted by molar-refractivity contribution is 8.00. The molecule has 1 saturated heterocycles. The summed E-state index contributed by atoms with van der Waals surface area (Å²) in [5.74, 6) is 0.196. The van der Waals surface area contributed by atoms with E-state index < -0.39 is 22.9 Å². The van der Waals surface area contributed by atoms with E-state index in [0.717, 1.165) is 50.0 Å². The highest BCUT2D eigenvalue weighted by Crippen LogP contribution is 2.48. The maximum Gasteiger partial charge on any atom is 0.407 e. The van der Waals surface area contributed by atoms with Gasteiger partial charge in [-0.05, 0) is 63.6 Å². The molecule has 41 heavy (non-hydrogen) atoms. The molecule has 2 fully saturated rings. The summed E-state index contributed by atoms with van der Waals surface area (Å²) in [5, 5.41) is 22.9. The number of rotatable bonds is 10. The number of carbonyl (C=O) groups excluding carboxylic acids is 2. The summed E-state index contributed by atoms with van der Waals surface area (Å²) in [5.41, 5.74) is 7.58. The van der Waals surface area contributed by atoms with E-state index >= 15 is 0 Å². The number of nitrogens with zero attached hydrogens (tertiary/aromatic N) is 5. The Labute approximate surface area is 245 Å². The Morgan fingerprint density at radius 1 is 1.12 bits per heavy atom. The average Bonchev–Trinajstić information content (AvgIpc) is 3.78. The molecule has 11 heteroatoms. The summed E-state index contributed by atoms with van der Waals surface area (Å²) in [6.07, 6.45) is 2.21. The number of anilines is 1. The summed E-state index contributed by atoms with van der Waals surface area (Å²) < 4.78 is 5.28. The number of alkyl carbamates (subject to hydrolysis) is 1. The molecule has 10 nitrogen and oxygen atoms in total. The molecule has 1 aliphatic carbocycles. The molecule has 1 aromatic carbocycles. The number of nitriles is 2. The Morgan fingerprint density at radius 2 is 1.78 bits per heavy atom. The minimum Gasteiger partial charge on any atom is -0.444 e. The Morgan fingerprint density at radius 3 is 2.34 bits per heavy atom. The van der Waals surface area contributed by atoms with Crippen LogP contribution in [0.1, 0.15) is 73.5 Å². The number of thioether (sulfide) groups is 1. The van der Waals surface area contributed by atoms with Crippen LogP contribution in [0.5, 0.6) is 0 Å². The fourth-order valence-electron chi connectivity index (χ4n) is 4.90. The lowest BCUT2D eigenvalue weighted by molar-refractivity contribution is -0.117. The number of nitrogens with two attached hydrogens (primary N) is 1. The number of primary amides is 1. The van der Waals surface area contributed by atoms with Gasteiger partial charge >= 0.3 is 6.09 Å². The molecule has 4 rings (SSSR count). The lowest BCUT2D eigenvalue weighted by Gasteiger charge is -2.36. The number of aromatic nitrogens is 1. The molecule has 0 bridgehead atoms. The van der Waals surface area contributed by atoms with Crippen LogP contribution < -0.4 is 16.0 Å². The molecule has 1 unspecified atom stereocenters. The van der Waals surface area contributed by atoms with Gasteiger partial charge in [0.25, 0.3) is 0 Å². The van der Waals surface area contributed by atoms with Crippen molar-refractivity contribution in [3.05, 3.63) is 52.6 Å². The predicted octanol–water partition coefficient (Wildman–Crippen LogP) is 4.06. The molecule has 0 spiro atoms. The van der Waals surface area contributed by atoms with Crippen molar-refractivity contribution in [2.75, 3.05) is 44.2 Å². The van der Waals surface area contributed by atoms with Gasteiger partial charge in [0.2, 0.25) is 5.91 Å². The van der Waals surface area contributed by atoms with Crippen LogP contribution >= 0.6 is 11.8 Å². The molecule has 2 aliphatic rings. The van der Waals surface area contributed by atoms with Crippen molar-refractivity contribution in [2.24, 2.45) is 5.73 Å². The van der Waals surface area contributed by atoms with E-state index in [1.165, 1.54) is 11.8 Å². The minimum atomic E-state index is -0.713. The lowest BCUT2D eigenvalue weighted by atomic mass is 9.99. The molecule has 216 valence electrons. The van der Waals surface area contributed by atoms with E-state index in [2.05, 4.69) is 27.3 Å². The highest BCUT2D eigenvalue weighted by Gasteiger charge is 2.35. The summed E-state index contributed by atoms with van der Waals surface area (Å²) >= 11 is 1.18. The Hall–Kier alpha value is -3.80. The molecule has 2 heterocycles. The summed E-state index contributed by atoms with van der Waals surface area (Å²) in [4.78, 5) is 33.6. The zero-order valence-electron chi connectivity index (χ0n) is 23.9. The first-order chi connectivity index (χ1) is 19.6. The SMILES string of the molecule is CC(C)(C)OC(=O)NCCCN1CCN(c2nc(SC(C(N)=O)c3ccccc3)c(C#N)c(C3CC3)c2C#N)CC1. The number of carbonyl (C=O) groups is 2. The second kappa shape index (κ2) is 13.2. The van der Waals surface area contributed by atoms with Crippen molar-refractivity contribution < 1.29 is 14.3 Å². The minimum absolute atomic E-state index is 0.142. The molecule has 1 aromatic heterocycles. The average molecular weight is 576 g/mol. The van der Waals surface area contributed by atoms with Gasteiger partial charge in [-0.2, -0.15) is 10.5 Å². The summed E-state index contributed by atoms with van der Waals surface area (Å²) in [6, 6.07) is 13.9. The third kappa shape index (κ3) is 7.90. The monoisotopic (exact) mass is 575 g/mol. The zero-order valence-corrected chi connectivity index (χ0v) is 24.7. The fraction of sp³-hybridized carbons (Fsp3) is 0.500. The third-order valence-electron chi connectivity index (χ3n) is 6.97. The Kier molecular flexibility index (Phi) is 9.74. The van der Waals surface area contributed by atoms with Gasteiger partial charge in [-0.15, -0.1) is 0 Å². The molecule has 1 saturated carbocycles. The van der Waals surface area contributed by atoms with Gasteiger partial charge in [0.15, 0.2) is 0 Å². The number of nitrogens with one attached hydrogen (secondary N) is 1. The third-order valence-corrected chi connectivity index (χ3v) is 8.23. The highest BCUT2D eigenvalue weighted by atomic mass is 32.2. The fourth-order valence-corrected chi connectivity index (χ4v) is 5.95. The van der Waals surface area contributed by atoms with Crippen LogP contribution in [0.3, 0.4) is 0 Å². The van der Waals surface area contributed by atoms with Gasteiger partial charge < -0.3 is 20.7 Å². The topological polar surface area (TPSA) is 148 Å². The van der Waals surface area contributed by atoms with Crippen LogP contribution in [0.15, 0.2) is 35.4 Å². The first-order valence-electron chi connectivity index (χ1n) is 13.9. The van der Waals surface area contributed by atoms with E-state index in [0.29, 0.717) is 41.6 Å². The van der Waals surface area contributed by atoms with Crippen molar-refractivity contribution in [1.82, 2.24) is 15.2 Å². The largest absolute Gasteiger partial charge is 0.444 e. The van der Waals surface area contributed by atoms with Crippen molar-refractivity contribution in [3.8, 4) is 12.1 Å². The lowest BCUT2D eigenvalue weighted by Crippen LogP contribution is -2.47. The van der Waals surface area contributed by atoms with E-state index in [1.54, 1.807) is 0 Å². The zero-order chi connectivity index (χ0) is 29.6. The van der Waals surface area contributed by atoms with Crippen LogP contribution in [0.4, 0.5) is 10.6 Å². The molecule has 2 aromatic rings. The molecule has 2 amide bonds. The van der Waals surface area contributed by atoms with E-state index in [1.807, 2.05) is 51.1 Å². The van der Waals surface area contributed by atoms with Gasteiger partial charge in [0.1, 0.15) is 33.8 Å². The number of piperazine rings is 1. The molecule has 0 radical (unpaired) electrons. The van der Waals surface area contributed by atoms with Gasteiger partial charge in [0.05, 0.1) is 11.1 Å². The van der Waals surface area contributed by atoms with Crippen LogP contribution in [0, 0.1) is 22.7 Å². The Bertz CT molecular complexity index is 1340. The second-order valence-corrected chi connectivity index (χ2v) is 12.4. The first kappa shape index (κ1) is 30.2. The van der Waals surface area contributed by atoms with Crippen LogP contribution in [0.25, 0.3) is 0 Å². The maximum atomic E-state index is 12.5. The number of pyridine rings is 1. The van der Waals surface area contributed by atoms with E-state index in [9.17, 15) is 20.1 Å². The van der Waals surface area contributed by atoms with Gasteiger partial charge in [-0.3, -0.25) is 9.69 Å². The van der Waals surface area contributed by atoms with Crippen molar-refractivity contribution >= 4 is 29.6 Å². The smallest absolute Gasteiger partial charge is 0.407 e. The molecular formula is C30H37N7O3S. The van der Waals surface area contributed by atoms with E-state index in [-0.39, 0.29) is 5.92 Å². The maximum absolute atomic E-state index is 12.5. The predicted molar refractivity (Wildman–Crippen MR) is 157 cm³/mol. The van der Waals surface area contributed by atoms with Crippen molar-refractivity contribution in [3.63, 3.8) is 0 Å². The normalized spacial score (nSPS) is 16.4. The number of hydrogen-bond acceptors (Lipinski definition) is 9. The van der Waals surface area contributed by atoms with E-state index in [4.69, 9.17) is 15.5 Å². The Balaban J connectivity index is 1.49. The van der Waals surface area contributed by atoms with Gasteiger partial charge in [-0.1, -0.05) is 42.1 Å². The van der Waals surface area contributed by atoms with Gasteiger partial charge in [0, 0.05) is 32.7 Å². The number of amides is 2. The summed E-state index contributed by atoms with van der Waals surface area (Å²) in [7, 11) is 0. The molecular weight excluding hydrogens is 538 g/mol. The van der Waals surface area contributed by atoms with Crippen molar-refractivity contribution in [2.45, 2.75) is 61.8 Å². The summed E-state index contributed by atoms with van der Waals surface area (Å²) in [6.45, 7) is 9.73. The standard InChI is InChI=1S/C30H37N7O3S/c1-30(2,3)40-29(39)34-12-7-13-36-14-16-37(17-15-36)27-22(18-31)24(20-10-11-20)23(19-32)28(35-27)41-25(26(33)38)21-8-5-4-6-9-21/h4-6,8-9,20,25H,7,10-17H2,1-3H3,(H2,33,38)(H,34,39). The quantitative estimate of drug-likeness (QED) is 0.316. The molecule has 1 aliphatic heterocycles.